The SMILES string of the molecule is CC1OC(OC2C(OC3CCC4(C)C(CCC5(C)C4CC=C4C6CC(C)(C)CCC6(C(=O)OC6OC(CO)C(OC7OC(CO)C(O)C(C)C7O)C(O)C6O)CCC45C)C3(C)CO)OCC(O)C2O)C(O)C(O)C1O. The van der Waals surface area contributed by atoms with Crippen LogP contribution in [0, 0.1) is 56.2 Å². The number of hydrogen-bond acceptors (Lipinski definition) is 21. The van der Waals surface area contributed by atoms with Gasteiger partial charge >= 0.3 is 5.97 Å². The van der Waals surface area contributed by atoms with Crippen molar-refractivity contribution in [3.8, 4) is 0 Å². The standard InChI is InChI=1S/C54H88O21/c1-24-34(59)29(20-55)70-44(35(24)60)73-42-30(21-56)71-46(41(66)39(42)64)75-48(67)54-17-15-49(3,4)19-27(54)26-9-10-32-50(5)13-12-33(51(6,23-57)31(50)11-14-53(32,8)52(26,7)16-18-54)72-47-43(37(62)28(58)22-68-47)74-45-40(65)38(63)36(61)25(2)69-45/h9,24-25,27-47,55-66H,10-23H2,1-8H3. The molecule has 0 amide bonds. The van der Waals surface area contributed by atoms with E-state index in [0.717, 1.165) is 32.1 Å². The molecule has 5 aliphatic carbocycles. The van der Waals surface area contributed by atoms with Crippen molar-refractivity contribution in [3.63, 3.8) is 0 Å². The van der Waals surface area contributed by atoms with E-state index < -0.39 is 153 Å². The van der Waals surface area contributed by atoms with Gasteiger partial charge in [0.15, 0.2) is 18.9 Å². The molecular weight excluding hydrogens is 985 g/mol. The van der Waals surface area contributed by atoms with Gasteiger partial charge < -0.3 is 99.2 Å². The fraction of sp³-hybridized carbons (Fsp3) is 0.944. The summed E-state index contributed by atoms with van der Waals surface area (Å²) in [5.74, 6) is -1.44. The Bertz CT molecular complexity index is 2060. The van der Waals surface area contributed by atoms with Crippen LogP contribution < -0.4 is 0 Å². The molecule has 12 N–H and O–H groups in total. The predicted molar refractivity (Wildman–Crippen MR) is 260 cm³/mol. The Hall–Kier alpha value is -1.55. The summed E-state index contributed by atoms with van der Waals surface area (Å²) < 4.78 is 48.2. The number of aliphatic hydroxyl groups excluding tert-OH is 12. The lowest BCUT2D eigenvalue weighted by molar-refractivity contribution is -0.365. The summed E-state index contributed by atoms with van der Waals surface area (Å²) in [6.07, 6.45) is -17.3. The molecular formula is C54H88O21. The van der Waals surface area contributed by atoms with Gasteiger partial charge in [0.1, 0.15) is 73.2 Å². The van der Waals surface area contributed by atoms with Gasteiger partial charge in [-0.2, -0.15) is 0 Å². The second-order valence-electron chi connectivity index (χ2n) is 26.0. The Morgan fingerprint density at radius 1 is 0.627 bits per heavy atom. The molecule has 4 saturated carbocycles. The van der Waals surface area contributed by atoms with Crippen LogP contribution in [-0.4, -0.2) is 210 Å². The van der Waals surface area contributed by atoms with Crippen molar-refractivity contribution in [2.45, 2.75) is 236 Å². The summed E-state index contributed by atoms with van der Waals surface area (Å²) in [6, 6.07) is 0. The van der Waals surface area contributed by atoms with E-state index in [4.69, 9.17) is 37.9 Å². The van der Waals surface area contributed by atoms with Crippen LogP contribution in [-0.2, 0) is 42.7 Å². The van der Waals surface area contributed by atoms with E-state index in [1.54, 1.807) is 6.92 Å². The van der Waals surface area contributed by atoms with Gasteiger partial charge in [0, 0.05) is 11.3 Å². The number of esters is 1. The molecule has 28 atom stereocenters. The van der Waals surface area contributed by atoms with Crippen molar-refractivity contribution >= 4 is 5.97 Å². The molecule has 4 aliphatic heterocycles. The van der Waals surface area contributed by atoms with Crippen molar-refractivity contribution in [2.24, 2.45) is 56.2 Å². The summed E-state index contributed by atoms with van der Waals surface area (Å²) >= 11 is 0. The Morgan fingerprint density at radius 3 is 1.95 bits per heavy atom. The van der Waals surface area contributed by atoms with Gasteiger partial charge in [0.2, 0.25) is 6.29 Å². The number of aliphatic hydroxyl groups is 12. The minimum absolute atomic E-state index is 0.0321. The molecule has 0 spiro atoms. The van der Waals surface area contributed by atoms with E-state index in [1.807, 2.05) is 6.92 Å². The molecule has 4 saturated heterocycles. The lowest BCUT2D eigenvalue weighted by Gasteiger charge is -2.71. The Morgan fingerprint density at radius 2 is 1.27 bits per heavy atom. The first-order chi connectivity index (χ1) is 35.2. The fourth-order valence-electron chi connectivity index (χ4n) is 16.4. The predicted octanol–water partition coefficient (Wildman–Crippen LogP) is -0.121. The van der Waals surface area contributed by atoms with Crippen molar-refractivity contribution in [1.29, 1.82) is 0 Å². The number of allylic oxidation sites excluding steroid dienone is 2. The summed E-state index contributed by atoms with van der Waals surface area (Å²) in [5, 5.41) is 130. The third kappa shape index (κ3) is 9.41. The van der Waals surface area contributed by atoms with Gasteiger partial charge in [-0.25, -0.2) is 0 Å². The second kappa shape index (κ2) is 21.1. The van der Waals surface area contributed by atoms with Gasteiger partial charge in [-0.1, -0.05) is 60.1 Å². The lowest BCUT2D eigenvalue weighted by Crippen LogP contribution is -2.67. The highest BCUT2D eigenvalue weighted by Crippen LogP contribution is 2.76. The molecule has 430 valence electrons. The molecule has 0 aromatic heterocycles. The first-order valence-corrected chi connectivity index (χ1v) is 27.6. The normalized spacial score (nSPS) is 54.8. The largest absolute Gasteiger partial charge is 0.432 e. The highest BCUT2D eigenvalue weighted by atomic mass is 16.8. The minimum atomic E-state index is -1.82. The van der Waals surface area contributed by atoms with E-state index in [1.165, 1.54) is 12.5 Å². The molecule has 21 nitrogen and oxygen atoms in total. The number of carbonyl (C=O) groups is 1. The maximum absolute atomic E-state index is 15.1. The zero-order valence-electron chi connectivity index (χ0n) is 44.8. The van der Waals surface area contributed by atoms with Gasteiger partial charge in [-0.15, -0.1) is 0 Å². The molecule has 75 heavy (non-hydrogen) atoms. The molecule has 21 heteroatoms. The van der Waals surface area contributed by atoms with E-state index in [9.17, 15) is 61.3 Å². The third-order valence-corrected chi connectivity index (χ3v) is 21.5. The van der Waals surface area contributed by atoms with Gasteiger partial charge in [-0.05, 0) is 111 Å². The minimum Gasteiger partial charge on any atom is -0.432 e. The Labute approximate surface area is 439 Å². The van der Waals surface area contributed by atoms with Crippen LogP contribution in [0.4, 0.5) is 0 Å². The first kappa shape index (κ1) is 58.1. The van der Waals surface area contributed by atoms with E-state index in [2.05, 4.69) is 40.7 Å². The molecule has 0 aromatic carbocycles. The highest BCUT2D eigenvalue weighted by Gasteiger charge is 2.71. The number of hydrogen-bond donors (Lipinski definition) is 12. The van der Waals surface area contributed by atoms with Gasteiger partial charge in [0.25, 0.3) is 0 Å². The lowest BCUT2D eigenvalue weighted by atomic mass is 9.33. The summed E-state index contributed by atoms with van der Waals surface area (Å²) in [7, 11) is 0. The highest BCUT2D eigenvalue weighted by molar-refractivity contribution is 5.79. The molecule has 8 fully saturated rings. The first-order valence-electron chi connectivity index (χ1n) is 27.6. The second-order valence-corrected chi connectivity index (χ2v) is 26.0. The maximum atomic E-state index is 15.1. The average Bonchev–Trinajstić information content (AvgIpc) is 3.44. The topological polar surface area (TPSA) is 334 Å². The van der Waals surface area contributed by atoms with Crippen LogP contribution in [0.15, 0.2) is 11.6 Å². The van der Waals surface area contributed by atoms with Crippen molar-refractivity contribution in [1.82, 2.24) is 0 Å². The average molecular weight is 1070 g/mol. The Kier molecular flexibility index (Phi) is 16.3. The molecule has 0 bridgehead atoms. The number of rotatable bonds is 11. The van der Waals surface area contributed by atoms with Crippen LogP contribution in [0.3, 0.4) is 0 Å². The van der Waals surface area contributed by atoms with E-state index >= 15 is 4.79 Å². The fourth-order valence-corrected chi connectivity index (χ4v) is 16.4. The summed E-state index contributed by atoms with van der Waals surface area (Å²) in [4.78, 5) is 15.1. The molecule has 4 heterocycles. The number of carbonyl (C=O) groups excluding carboxylic acids is 1. The third-order valence-electron chi connectivity index (χ3n) is 21.5. The van der Waals surface area contributed by atoms with Crippen molar-refractivity contribution in [3.05, 3.63) is 11.6 Å². The van der Waals surface area contributed by atoms with Crippen LogP contribution in [0.1, 0.15) is 120 Å². The Balaban J connectivity index is 0.934. The van der Waals surface area contributed by atoms with Crippen LogP contribution in [0.5, 0.6) is 0 Å². The zero-order valence-corrected chi connectivity index (χ0v) is 44.8. The zero-order chi connectivity index (χ0) is 54.7. The monoisotopic (exact) mass is 1070 g/mol. The molecule has 9 rings (SSSR count). The van der Waals surface area contributed by atoms with Gasteiger partial charge in [-0.3, -0.25) is 4.79 Å². The van der Waals surface area contributed by atoms with Crippen LogP contribution in [0.2, 0.25) is 0 Å². The van der Waals surface area contributed by atoms with Gasteiger partial charge in [0.05, 0.1) is 50.2 Å². The molecule has 28 unspecified atom stereocenters. The number of ether oxygens (including phenoxy) is 8. The maximum Gasteiger partial charge on any atom is 0.315 e. The van der Waals surface area contributed by atoms with E-state index in [-0.39, 0.29) is 52.6 Å². The van der Waals surface area contributed by atoms with Crippen LogP contribution in [0.25, 0.3) is 0 Å². The van der Waals surface area contributed by atoms with Crippen LogP contribution >= 0.6 is 0 Å². The smallest absolute Gasteiger partial charge is 0.315 e. The van der Waals surface area contributed by atoms with E-state index in [0.29, 0.717) is 32.1 Å². The number of fused-ring (bicyclic) bond motifs is 7. The quantitative estimate of drug-likeness (QED) is 0.0729. The summed E-state index contributed by atoms with van der Waals surface area (Å²) in [5.41, 5.74) is -1.58. The van der Waals surface area contributed by atoms with Crippen molar-refractivity contribution < 1.29 is 104 Å². The van der Waals surface area contributed by atoms with Crippen molar-refractivity contribution in [2.75, 3.05) is 26.4 Å². The molecule has 9 aliphatic rings. The summed E-state index contributed by atoms with van der Waals surface area (Å²) in [6.45, 7) is 14.8. The molecule has 0 radical (unpaired) electrons. The molecule has 0 aromatic rings.